The standard InChI is InChI=1S/C14H13ClN2O/c15-14-9-10(6-8-17-14)18-13-5-1-4-12-11(13)3-2-7-16-12/h2-3,6-9,13H,1,4-5H2. The van der Waals surface area contributed by atoms with Crippen molar-refractivity contribution >= 4 is 11.6 Å². The molecule has 3 nitrogen and oxygen atoms in total. The molecule has 3 rings (SSSR count). The van der Waals surface area contributed by atoms with E-state index in [0.29, 0.717) is 5.15 Å². The zero-order valence-corrected chi connectivity index (χ0v) is 10.6. The average molecular weight is 261 g/mol. The van der Waals surface area contributed by atoms with Gasteiger partial charge in [-0.05, 0) is 31.4 Å². The van der Waals surface area contributed by atoms with Crippen molar-refractivity contribution in [1.29, 1.82) is 0 Å². The van der Waals surface area contributed by atoms with Crippen LogP contribution in [0.2, 0.25) is 5.15 Å². The Balaban J connectivity index is 1.86. The van der Waals surface area contributed by atoms with Crippen LogP contribution in [-0.2, 0) is 6.42 Å². The molecule has 1 atom stereocenters. The molecule has 0 amide bonds. The predicted molar refractivity (Wildman–Crippen MR) is 69.8 cm³/mol. The Bertz CT molecular complexity index is 559. The topological polar surface area (TPSA) is 35.0 Å². The van der Waals surface area contributed by atoms with E-state index in [1.54, 1.807) is 12.3 Å². The molecule has 0 aliphatic heterocycles. The fourth-order valence-electron chi connectivity index (χ4n) is 2.31. The number of hydrogen-bond acceptors (Lipinski definition) is 3. The molecule has 0 N–H and O–H groups in total. The minimum absolute atomic E-state index is 0.0703. The smallest absolute Gasteiger partial charge is 0.132 e. The molecule has 0 radical (unpaired) electrons. The number of rotatable bonds is 2. The van der Waals surface area contributed by atoms with Crippen molar-refractivity contribution in [2.75, 3.05) is 0 Å². The molecule has 92 valence electrons. The number of ether oxygens (including phenoxy) is 1. The highest BCUT2D eigenvalue weighted by Gasteiger charge is 2.22. The summed E-state index contributed by atoms with van der Waals surface area (Å²) >= 11 is 5.86. The molecule has 0 spiro atoms. The molecule has 1 unspecified atom stereocenters. The van der Waals surface area contributed by atoms with Gasteiger partial charge in [0.15, 0.2) is 0 Å². The average Bonchev–Trinajstić information content (AvgIpc) is 2.39. The zero-order chi connectivity index (χ0) is 12.4. The molecule has 2 aromatic rings. The van der Waals surface area contributed by atoms with E-state index in [0.717, 1.165) is 30.7 Å². The molecule has 0 bridgehead atoms. The quantitative estimate of drug-likeness (QED) is 0.774. The Labute approximate surface area is 111 Å². The van der Waals surface area contributed by atoms with Crippen molar-refractivity contribution in [3.63, 3.8) is 0 Å². The van der Waals surface area contributed by atoms with Crippen LogP contribution < -0.4 is 4.74 Å². The lowest BCUT2D eigenvalue weighted by atomic mass is 9.93. The molecule has 18 heavy (non-hydrogen) atoms. The Morgan fingerprint density at radius 1 is 1.22 bits per heavy atom. The third-order valence-electron chi connectivity index (χ3n) is 3.13. The van der Waals surface area contributed by atoms with Crippen molar-refractivity contribution in [2.45, 2.75) is 25.4 Å². The van der Waals surface area contributed by atoms with Gasteiger partial charge >= 0.3 is 0 Å². The van der Waals surface area contributed by atoms with E-state index in [4.69, 9.17) is 16.3 Å². The van der Waals surface area contributed by atoms with Crippen LogP contribution >= 0.6 is 11.6 Å². The molecule has 1 aliphatic rings. The number of nitrogens with zero attached hydrogens (tertiary/aromatic N) is 2. The number of fused-ring (bicyclic) bond motifs is 1. The summed E-state index contributed by atoms with van der Waals surface area (Å²) in [6, 6.07) is 7.62. The first-order chi connectivity index (χ1) is 8.83. The molecule has 0 aromatic carbocycles. The van der Waals surface area contributed by atoms with Crippen molar-refractivity contribution in [2.24, 2.45) is 0 Å². The van der Waals surface area contributed by atoms with Gasteiger partial charge in [-0.15, -0.1) is 0 Å². The minimum atomic E-state index is 0.0703. The van der Waals surface area contributed by atoms with Crippen LogP contribution in [-0.4, -0.2) is 9.97 Å². The third kappa shape index (κ3) is 2.31. The molecule has 2 aromatic heterocycles. The van der Waals surface area contributed by atoms with Gasteiger partial charge in [0, 0.05) is 29.7 Å². The SMILES string of the molecule is Clc1cc(OC2CCCc3ncccc32)ccn1. The van der Waals surface area contributed by atoms with E-state index in [-0.39, 0.29) is 6.10 Å². The number of aromatic nitrogens is 2. The summed E-state index contributed by atoms with van der Waals surface area (Å²) in [5.41, 5.74) is 2.34. The van der Waals surface area contributed by atoms with Gasteiger partial charge in [0.05, 0.1) is 0 Å². The van der Waals surface area contributed by atoms with Crippen LogP contribution in [0, 0.1) is 0 Å². The highest BCUT2D eigenvalue weighted by Crippen LogP contribution is 2.32. The molecule has 1 aliphatic carbocycles. The van der Waals surface area contributed by atoms with E-state index in [1.165, 1.54) is 5.56 Å². The second-order valence-electron chi connectivity index (χ2n) is 4.35. The fraction of sp³-hybridized carbons (Fsp3) is 0.286. The summed E-state index contributed by atoms with van der Waals surface area (Å²) in [7, 11) is 0. The fourth-order valence-corrected chi connectivity index (χ4v) is 2.47. The van der Waals surface area contributed by atoms with Gasteiger partial charge in [-0.3, -0.25) is 4.98 Å². The summed E-state index contributed by atoms with van der Waals surface area (Å²) in [5.74, 6) is 0.761. The van der Waals surface area contributed by atoms with Gasteiger partial charge in [-0.1, -0.05) is 17.7 Å². The van der Waals surface area contributed by atoms with Gasteiger partial charge in [0.25, 0.3) is 0 Å². The number of aryl methyl sites for hydroxylation is 1. The first-order valence-electron chi connectivity index (χ1n) is 6.05. The summed E-state index contributed by atoms with van der Waals surface area (Å²) in [4.78, 5) is 8.36. The van der Waals surface area contributed by atoms with Crippen molar-refractivity contribution in [3.05, 3.63) is 53.1 Å². The molecule has 0 saturated carbocycles. The third-order valence-corrected chi connectivity index (χ3v) is 3.34. The molecule has 0 saturated heterocycles. The Hall–Kier alpha value is -1.61. The maximum Gasteiger partial charge on any atom is 0.132 e. The number of hydrogen-bond donors (Lipinski definition) is 0. The monoisotopic (exact) mass is 260 g/mol. The molecular weight excluding hydrogens is 248 g/mol. The molecule has 0 fully saturated rings. The lowest BCUT2D eigenvalue weighted by Gasteiger charge is -2.25. The highest BCUT2D eigenvalue weighted by molar-refractivity contribution is 6.29. The van der Waals surface area contributed by atoms with Gasteiger partial charge in [-0.2, -0.15) is 0 Å². The van der Waals surface area contributed by atoms with Crippen LogP contribution in [0.3, 0.4) is 0 Å². The highest BCUT2D eigenvalue weighted by atomic mass is 35.5. The van der Waals surface area contributed by atoms with E-state index in [9.17, 15) is 0 Å². The van der Waals surface area contributed by atoms with E-state index >= 15 is 0 Å². The maximum absolute atomic E-state index is 6.00. The lowest BCUT2D eigenvalue weighted by molar-refractivity contribution is 0.182. The molecule has 4 heteroatoms. The largest absolute Gasteiger partial charge is 0.486 e. The van der Waals surface area contributed by atoms with Crippen LogP contribution in [0.25, 0.3) is 0 Å². The van der Waals surface area contributed by atoms with E-state index in [1.807, 2.05) is 18.3 Å². The minimum Gasteiger partial charge on any atom is -0.486 e. The van der Waals surface area contributed by atoms with Crippen LogP contribution in [0.5, 0.6) is 5.75 Å². The number of halogens is 1. The van der Waals surface area contributed by atoms with Crippen LogP contribution in [0.4, 0.5) is 0 Å². The van der Waals surface area contributed by atoms with Gasteiger partial charge in [-0.25, -0.2) is 4.98 Å². The van der Waals surface area contributed by atoms with E-state index in [2.05, 4.69) is 16.0 Å². The summed E-state index contributed by atoms with van der Waals surface area (Å²) in [6.45, 7) is 0. The summed E-state index contributed by atoms with van der Waals surface area (Å²) in [6.07, 6.45) is 6.72. The first-order valence-corrected chi connectivity index (χ1v) is 6.43. The van der Waals surface area contributed by atoms with E-state index < -0.39 is 0 Å². The lowest BCUT2D eigenvalue weighted by Crippen LogP contribution is -2.16. The molecular formula is C14H13ClN2O. The summed E-state index contributed by atoms with van der Waals surface area (Å²) < 4.78 is 6.00. The van der Waals surface area contributed by atoms with Crippen LogP contribution in [0.1, 0.15) is 30.2 Å². The van der Waals surface area contributed by atoms with Crippen molar-refractivity contribution < 1.29 is 4.74 Å². The Morgan fingerprint density at radius 2 is 2.17 bits per heavy atom. The van der Waals surface area contributed by atoms with Gasteiger partial charge in [0.2, 0.25) is 0 Å². The first kappa shape index (κ1) is 11.5. The number of pyridine rings is 2. The second kappa shape index (κ2) is 4.94. The predicted octanol–water partition coefficient (Wildman–Crippen LogP) is 3.59. The van der Waals surface area contributed by atoms with Crippen LogP contribution in [0.15, 0.2) is 36.7 Å². The van der Waals surface area contributed by atoms with Gasteiger partial charge in [0.1, 0.15) is 17.0 Å². The molecule has 2 heterocycles. The Morgan fingerprint density at radius 3 is 3.06 bits per heavy atom. The second-order valence-corrected chi connectivity index (χ2v) is 4.74. The Kier molecular flexibility index (Phi) is 3.15. The van der Waals surface area contributed by atoms with Crippen molar-refractivity contribution in [1.82, 2.24) is 9.97 Å². The normalized spacial score (nSPS) is 18.2. The maximum atomic E-state index is 6.00. The van der Waals surface area contributed by atoms with Crippen molar-refractivity contribution in [3.8, 4) is 5.75 Å². The summed E-state index contributed by atoms with van der Waals surface area (Å²) in [5, 5.41) is 0.453. The van der Waals surface area contributed by atoms with Gasteiger partial charge < -0.3 is 4.74 Å². The zero-order valence-electron chi connectivity index (χ0n) is 9.84.